The maximum absolute atomic E-state index is 12.7. The first-order valence-corrected chi connectivity index (χ1v) is 6.41. The van der Waals surface area contributed by atoms with Crippen molar-refractivity contribution in [2.24, 2.45) is 11.8 Å². The van der Waals surface area contributed by atoms with Crippen molar-refractivity contribution in [3.05, 3.63) is 52.6 Å². The second kappa shape index (κ2) is 3.44. The Bertz CT molecular complexity index is 694. The maximum Gasteiger partial charge on any atom is 0.194 e. The highest BCUT2D eigenvalue weighted by atomic mass is 16.5. The van der Waals surface area contributed by atoms with E-state index >= 15 is 0 Å². The van der Waals surface area contributed by atoms with Crippen LogP contribution in [0, 0.1) is 11.8 Å². The van der Waals surface area contributed by atoms with Gasteiger partial charge in [0.25, 0.3) is 0 Å². The smallest absolute Gasteiger partial charge is 0.194 e. The van der Waals surface area contributed by atoms with Gasteiger partial charge in [-0.15, -0.1) is 0 Å². The number of benzene rings is 1. The molecule has 1 aromatic carbocycles. The summed E-state index contributed by atoms with van der Waals surface area (Å²) in [5.41, 5.74) is 2.35. The third-order valence-electron chi connectivity index (χ3n) is 4.32. The summed E-state index contributed by atoms with van der Waals surface area (Å²) >= 11 is 0. The summed E-state index contributed by atoms with van der Waals surface area (Å²) in [6, 6.07) is 5.22. The molecule has 0 aromatic heterocycles. The molecule has 0 N–H and O–H groups in total. The lowest BCUT2D eigenvalue weighted by molar-refractivity contribution is 0.0967. The Morgan fingerprint density at radius 3 is 2.42 bits per heavy atom. The van der Waals surface area contributed by atoms with Crippen molar-refractivity contribution in [3.8, 4) is 5.75 Å². The maximum atomic E-state index is 12.7. The summed E-state index contributed by atoms with van der Waals surface area (Å²) in [5.74, 6) is 0.721. The molecule has 0 unspecified atom stereocenters. The predicted octanol–water partition coefficient (Wildman–Crippen LogP) is 2.58. The van der Waals surface area contributed by atoms with E-state index < -0.39 is 0 Å². The molecule has 19 heavy (non-hydrogen) atoms. The molecule has 0 aliphatic heterocycles. The van der Waals surface area contributed by atoms with Crippen molar-refractivity contribution >= 4 is 11.6 Å². The van der Waals surface area contributed by atoms with Crippen LogP contribution in [0.2, 0.25) is 0 Å². The van der Waals surface area contributed by atoms with Crippen molar-refractivity contribution in [3.63, 3.8) is 0 Å². The van der Waals surface area contributed by atoms with Gasteiger partial charge in [-0.2, -0.15) is 0 Å². The molecule has 0 radical (unpaired) electrons. The molecule has 94 valence electrons. The fraction of sp³-hybridized carbons (Fsp3) is 0.250. The van der Waals surface area contributed by atoms with Gasteiger partial charge in [-0.1, -0.05) is 24.3 Å². The third kappa shape index (κ3) is 1.17. The zero-order chi connectivity index (χ0) is 13.1. The normalized spacial score (nSPS) is 26.8. The van der Waals surface area contributed by atoms with Crippen LogP contribution < -0.4 is 4.74 Å². The van der Waals surface area contributed by atoms with Crippen molar-refractivity contribution < 1.29 is 14.3 Å². The highest BCUT2D eigenvalue weighted by molar-refractivity contribution is 6.29. The van der Waals surface area contributed by atoms with Gasteiger partial charge in [-0.3, -0.25) is 9.59 Å². The van der Waals surface area contributed by atoms with Crippen LogP contribution in [0.5, 0.6) is 5.75 Å². The van der Waals surface area contributed by atoms with Gasteiger partial charge in [-0.05, 0) is 12.5 Å². The molecule has 0 spiro atoms. The first-order chi connectivity index (χ1) is 9.22. The number of fused-ring (bicyclic) bond motifs is 5. The number of rotatable bonds is 1. The molecule has 2 atom stereocenters. The Morgan fingerprint density at radius 1 is 1.05 bits per heavy atom. The molecule has 0 saturated carbocycles. The van der Waals surface area contributed by atoms with E-state index in [2.05, 4.69) is 12.2 Å². The Hall–Kier alpha value is -2.16. The van der Waals surface area contributed by atoms with Crippen LogP contribution in [0.4, 0.5) is 0 Å². The average Bonchev–Trinajstić information content (AvgIpc) is 3.04. The molecular weight excluding hydrogens is 240 g/mol. The van der Waals surface area contributed by atoms with E-state index in [-0.39, 0.29) is 23.4 Å². The van der Waals surface area contributed by atoms with E-state index in [0.29, 0.717) is 22.4 Å². The van der Waals surface area contributed by atoms with Gasteiger partial charge in [0.1, 0.15) is 5.75 Å². The highest BCUT2D eigenvalue weighted by Gasteiger charge is 2.46. The monoisotopic (exact) mass is 252 g/mol. The molecule has 0 fully saturated rings. The predicted molar refractivity (Wildman–Crippen MR) is 69.4 cm³/mol. The minimum absolute atomic E-state index is 0.000324. The lowest BCUT2D eigenvalue weighted by Gasteiger charge is -2.23. The minimum atomic E-state index is -0.0288. The van der Waals surface area contributed by atoms with Crippen molar-refractivity contribution in [2.75, 3.05) is 7.11 Å². The van der Waals surface area contributed by atoms with Crippen LogP contribution in [0.3, 0.4) is 0 Å². The van der Waals surface area contributed by atoms with E-state index in [4.69, 9.17) is 4.74 Å². The molecule has 3 nitrogen and oxygen atoms in total. The fourth-order valence-electron chi connectivity index (χ4n) is 3.51. The van der Waals surface area contributed by atoms with E-state index in [1.165, 1.54) is 7.11 Å². The van der Waals surface area contributed by atoms with Gasteiger partial charge >= 0.3 is 0 Å². The summed E-state index contributed by atoms with van der Waals surface area (Å²) in [7, 11) is 1.53. The van der Waals surface area contributed by atoms with Crippen LogP contribution >= 0.6 is 0 Å². The quantitative estimate of drug-likeness (QED) is 0.721. The number of ketones is 2. The number of Topliss-reactive ketones (excluding diaryl/α,β-unsaturated/α-hetero) is 2. The van der Waals surface area contributed by atoms with Gasteiger partial charge in [-0.25, -0.2) is 0 Å². The lowest BCUT2D eigenvalue weighted by Crippen LogP contribution is -2.24. The molecule has 0 saturated heterocycles. The zero-order valence-corrected chi connectivity index (χ0v) is 10.5. The standard InChI is InChI=1S/C16H12O3/c1-19-11-4-2-3-10-14(11)16(18)13-9-6-5-8(7-9)12(13)15(10)17/h2-6,8-9H,7H2,1H3/t8-,9+/m1/s1. The second-order valence-corrected chi connectivity index (χ2v) is 5.20. The SMILES string of the molecule is COc1cccc2c1C(=O)C1=C(C2=O)[C@@H]2C=C[C@H]1C2. The first-order valence-electron chi connectivity index (χ1n) is 6.41. The number of methoxy groups -OCH3 is 1. The Balaban J connectivity index is 1.98. The molecule has 4 rings (SSSR count). The van der Waals surface area contributed by atoms with Crippen molar-refractivity contribution in [1.29, 1.82) is 0 Å². The van der Waals surface area contributed by atoms with Gasteiger partial charge in [0.05, 0.1) is 12.7 Å². The number of carbonyl (C=O) groups is 2. The first kappa shape index (κ1) is 10.7. The molecular formula is C16H12O3. The minimum Gasteiger partial charge on any atom is -0.496 e. The number of carbonyl (C=O) groups excluding carboxylic acids is 2. The van der Waals surface area contributed by atoms with Gasteiger partial charge in [0.15, 0.2) is 11.6 Å². The molecule has 3 aliphatic rings. The van der Waals surface area contributed by atoms with Crippen molar-refractivity contribution in [1.82, 2.24) is 0 Å². The van der Waals surface area contributed by atoms with E-state index in [1.807, 2.05) is 0 Å². The Morgan fingerprint density at radius 2 is 1.74 bits per heavy atom. The number of hydrogen-bond donors (Lipinski definition) is 0. The van der Waals surface area contributed by atoms with Gasteiger partial charge in [0.2, 0.25) is 0 Å². The lowest BCUT2D eigenvalue weighted by atomic mass is 9.79. The average molecular weight is 252 g/mol. The van der Waals surface area contributed by atoms with E-state index in [0.717, 1.165) is 12.0 Å². The van der Waals surface area contributed by atoms with E-state index in [1.54, 1.807) is 18.2 Å². The molecule has 0 amide bonds. The number of allylic oxidation sites excluding steroid dienone is 4. The van der Waals surface area contributed by atoms with Gasteiger partial charge < -0.3 is 4.74 Å². The molecule has 1 aromatic rings. The summed E-state index contributed by atoms with van der Waals surface area (Å²) in [5, 5.41) is 0. The van der Waals surface area contributed by atoms with Crippen LogP contribution in [-0.2, 0) is 0 Å². The summed E-state index contributed by atoms with van der Waals surface area (Å²) in [4.78, 5) is 25.3. The largest absolute Gasteiger partial charge is 0.496 e. The summed E-state index contributed by atoms with van der Waals surface area (Å²) < 4.78 is 5.25. The Labute approximate surface area is 110 Å². The topological polar surface area (TPSA) is 43.4 Å². The summed E-state index contributed by atoms with van der Waals surface area (Å²) in [6.45, 7) is 0. The third-order valence-corrected chi connectivity index (χ3v) is 4.32. The molecule has 3 aliphatic carbocycles. The van der Waals surface area contributed by atoms with E-state index in [9.17, 15) is 9.59 Å². The van der Waals surface area contributed by atoms with Crippen molar-refractivity contribution in [2.45, 2.75) is 6.42 Å². The molecule has 0 heterocycles. The molecule has 3 heteroatoms. The molecule has 2 bridgehead atoms. The highest BCUT2D eigenvalue weighted by Crippen LogP contribution is 2.49. The van der Waals surface area contributed by atoms with Crippen LogP contribution in [0.1, 0.15) is 27.1 Å². The zero-order valence-electron chi connectivity index (χ0n) is 10.5. The number of ether oxygens (including phenoxy) is 1. The Kier molecular flexibility index (Phi) is 1.94. The summed E-state index contributed by atoms with van der Waals surface area (Å²) in [6.07, 6.45) is 4.98. The van der Waals surface area contributed by atoms with Crippen LogP contribution in [-0.4, -0.2) is 18.7 Å². The van der Waals surface area contributed by atoms with Crippen LogP contribution in [0.25, 0.3) is 0 Å². The fourth-order valence-corrected chi connectivity index (χ4v) is 3.51. The second-order valence-electron chi connectivity index (χ2n) is 5.20. The van der Waals surface area contributed by atoms with Gasteiger partial charge in [0, 0.05) is 28.5 Å². The number of hydrogen-bond acceptors (Lipinski definition) is 3. The van der Waals surface area contributed by atoms with Crippen LogP contribution in [0.15, 0.2) is 41.5 Å².